The molecule has 3 heterocycles. The molecule has 0 saturated carbocycles. The number of likely N-dealkylation sites (tertiary alicyclic amines) is 1. The molecule has 2 aromatic heterocycles. The van der Waals surface area contributed by atoms with Gasteiger partial charge in [-0.2, -0.15) is 0 Å². The number of hydrogen-bond acceptors (Lipinski definition) is 5. The smallest absolute Gasteiger partial charge is 0.0987 e. The molecule has 0 atom stereocenters. The zero-order valence-corrected chi connectivity index (χ0v) is 13.8. The second kappa shape index (κ2) is 5.81. The lowest BCUT2D eigenvalue weighted by Gasteiger charge is -2.38. The van der Waals surface area contributed by atoms with Crippen LogP contribution in [0.1, 0.15) is 41.0 Å². The maximum atomic E-state index is 4.61. The molecule has 1 saturated heterocycles. The predicted molar refractivity (Wildman–Crippen MR) is 85.5 cm³/mol. The van der Waals surface area contributed by atoms with Gasteiger partial charge in [0.25, 0.3) is 0 Å². The van der Waals surface area contributed by atoms with Crippen molar-refractivity contribution in [2.24, 2.45) is 0 Å². The van der Waals surface area contributed by atoms with Gasteiger partial charge < -0.3 is 0 Å². The molecule has 0 spiro atoms. The average Bonchev–Trinajstić information content (AvgIpc) is 2.91. The highest BCUT2D eigenvalue weighted by Crippen LogP contribution is 2.37. The molecule has 1 fully saturated rings. The maximum absolute atomic E-state index is 4.61. The van der Waals surface area contributed by atoms with E-state index in [1.54, 1.807) is 0 Å². The minimum atomic E-state index is 0.244. The highest BCUT2D eigenvalue weighted by molar-refractivity contribution is 7.11. The lowest BCUT2D eigenvalue weighted by molar-refractivity contribution is 0.160. The van der Waals surface area contributed by atoms with E-state index >= 15 is 0 Å². The first kappa shape index (κ1) is 14.6. The van der Waals surface area contributed by atoms with Gasteiger partial charge in [0.1, 0.15) is 0 Å². The second-order valence-electron chi connectivity index (χ2n) is 6.26. The molecule has 1 aliphatic heterocycles. The molecule has 0 radical (unpaired) electrons. The molecule has 112 valence electrons. The van der Waals surface area contributed by atoms with Crippen molar-refractivity contribution in [1.29, 1.82) is 0 Å². The molecule has 3 rings (SSSR count). The Morgan fingerprint density at radius 1 is 1.10 bits per heavy atom. The molecule has 0 unspecified atom stereocenters. The van der Waals surface area contributed by atoms with Crippen molar-refractivity contribution in [2.45, 2.75) is 45.6 Å². The summed E-state index contributed by atoms with van der Waals surface area (Å²) in [4.78, 5) is 17.2. The lowest BCUT2D eigenvalue weighted by atomic mass is 9.81. The van der Waals surface area contributed by atoms with Gasteiger partial charge >= 0.3 is 0 Å². The number of aryl methyl sites for hydroxylation is 2. The summed E-state index contributed by atoms with van der Waals surface area (Å²) in [7, 11) is 0. The fourth-order valence-corrected chi connectivity index (χ4v) is 3.75. The van der Waals surface area contributed by atoms with Crippen molar-refractivity contribution in [3.8, 4) is 0 Å². The van der Waals surface area contributed by atoms with Crippen LogP contribution in [0.3, 0.4) is 0 Å². The van der Waals surface area contributed by atoms with Crippen LogP contribution in [0.15, 0.2) is 18.6 Å². The van der Waals surface area contributed by atoms with Crippen LogP contribution in [0.2, 0.25) is 0 Å². The third kappa shape index (κ3) is 3.30. The molecule has 4 nitrogen and oxygen atoms in total. The molecule has 0 bridgehead atoms. The van der Waals surface area contributed by atoms with Crippen LogP contribution in [0.25, 0.3) is 0 Å². The van der Waals surface area contributed by atoms with Crippen molar-refractivity contribution < 1.29 is 0 Å². The Bertz CT molecular complexity index is 597. The standard InChI is InChI=1S/C16H22N4S/c1-12-8-18-14(10-17-12)11-20-6-4-16(3,5-7-20)15-19-9-13(2)21-15/h8-10H,4-7,11H2,1-3H3. The Morgan fingerprint density at radius 2 is 1.86 bits per heavy atom. The molecule has 21 heavy (non-hydrogen) atoms. The van der Waals surface area contributed by atoms with E-state index in [-0.39, 0.29) is 5.41 Å². The van der Waals surface area contributed by atoms with Crippen LogP contribution in [0.4, 0.5) is 0 Å². The van der Waals surface area contributed by atoms with E-state index in [4.69, 9.17) is 0 Å². The molecule has 0 aromatic carbocycles. The number of aromatic nitrogens is 3. The number of nitrogens with zero attached hydrogens (tertiary/aromatic N) is 4. The van der Waals surface area contributed by atoms with Crippen LogP contribution in [-0.4, -0.2) is 32.9 Å². The highest BCUT2D eigenvalue weighted by Gasteiger charge is 2.34. The summed E-state index contributed by atoms with van der Waals surface area (Å²) in [6, 6.07) is 0. The molecule has 2 aromatic rings. The molecule has 0 N–H and O–H groups in total. The van der Waals surface area contributed by atoms with Gasteiger partial charge in [0.2, 0.25) is 0 Å². The minimum absolute atomic E-state index is 0.244. The molecular weight excluding hydrogens is 280 g/mol. The van der Waals surface area contributed by atoms with Gasteiger partial charge in [-0.3, -0.25) is 14.9 Å². The lowest BCUT2D eigenvalue weighted by Crippen LogP contribution is -2.40. The largest absolute Gasteiger partial charge is 0.297 e. The monoisotopic (exact) mass is 302 g/mol. The van der Waals surface area contributed by atoms with Crippen LogP contribution >= 0.6 is 11.3 Å². The van der Waals surface area contributed by atoms with E-state index in [1.165, 1.54) is 22.7 Å². The molecule has 0 amide bonds. The van der Waals surface area contributed by atoms with Gasteiger partial charge in [0, 0.05) is 35.4 Å². The Hall–Kier alpha value is -1.33. The third-order valence-electron chi connectivity index (χ3n) is 4.32. The Morgan fingerprint density at radius 3 is 2.43 bits per heavy atom. The summed E-state index contributed by atoms with van der Waals surface area (Å²) < 4.78 is 0. The van der Waals surface area contributed by atoms with E-state index in [1.807, 2.05) is 36.9 Å². The molecule has 5 heteroatoms. The van der Waals surface area contributed by atoms with Gasteiger partial charge in [0.15, 0.2) is 0 Å². The van der Waals surface area contributed by atoms with Crippen LogP contribution in [0, 0.1) is 13.8 Å². The zero-order valence-electron chi connectivity index (χ0n) is 13.0. The number of hydrogen-bond donors (Lipinski definition) is 0. The number of rotatable bonds is 3. The topological polar surface area (TPSA) is 41.9 Å². The van der Waals surface area contributed by atoms with Gasteiger partial charge in [0.05, 0.1) is 16.4 Å². The van der Waals surface area contributed by atoms with E-state index in [0.717, 1.165) is 31.0 Å². The maximum Gasteiger partial charge on any atom is 0.0987 e. The first-order chi connectivity index (χ1) is 10.0. The van der Waals surface area contributed by atoms with E-state index in [0.29, 0.717) is 0 Å². The molecule has 0 aliphatic carbocycles. The summed E-state index contributed by atoms with van der Waals surface area (Å²) in [6.45, 7) is 9.57. The van der Waals surface area contributed by atoms with Crippen LogP contribution in [0.5, 0.6) is 0 Å². The van der Waals surface area contributed by atoms with Crippen molar-refractivity contribution in [2.75, 3.05) is 13.1 Å². The Balaban J connectivity index is 1.61. The highest BCUT2D eigenvalue weighted by atomic mass is 32.1. The summed E-state index contributed by atoms with van der Waals surface area (Å²) in [6.07, 6.45) is 8.08. The van der Waals surface area contributed by atoms with Crippen molar-refractivity contribution in [3.05, 3.63) is 39.9 Å². The minimum Gasteiger partial charge on any atom is -0.297 e. The first-order valence-electron chi connectivity index (χ1n) is 7.48. The van der Waals surface area contributed by atoms with Gasteiger partial charge in [-0.15, -0.1) is 11.3 Å². The fraction of sp³-hybridized carbons (Fsp3) is 0.562. The summed E-state index contributed by atoms with van der Waals surface area (Å²) in [5, 5.41) is 1.30. The number of thiazole rings is 1. The quantitative estimate of drug-likeness (QED) is 0.873. The number of piperidine rings is 1. The second-order valence-corrected chi connectivity index (χ2v) is 7.50. The van der Waals surface area contributed by atoms with Gasteiger partial charge in [-0.1, -0.05) is 6.92 Å². The summed E-state index contributed by atoms with van der Waals surface area (Å²) in [5.41, 5.74) is 2.28. The normalized spacial score (nSPS) is 18.8. The average molecular weight is 302 g/mol. The summed E-state index contributed by atoms with van der Waals surface area (Å²) in [5.74, 6) is 0. The molecular formula is C16H22N4S. The van der Waals surface area contributed by atoms with Gasteiger partial charge in [-0.25, -0.2) is 4.98 Å². The van der Waals surface area contributed by atoms with Crippen molar-refractivity contribution in [1.82, 2.24) is 19.9 Å². The van der Waals surface area contributed by atoms with E-state index < -0.39 is 0 Å². The van der Waals surface area contributed by atoms with Crippen molar-refractivity contribution in [3.63, 3.8) is 0 Å². The first-order valence-corrected chi connectivity index (χ1v) is 8.30. The Labute approximate surface area is 130 Å². The molecule has 1 aliphatic rings. The third-order valence-corrected chi connectivity index (χ3v) is 5.54. The Kier molecular flexibility index (Phi) is 4.04. The summed E-state index contributed by atoms with van der Waals surface area (Å²) >= 11 is 1.85. The van der Waals surface area contributed by atoms with Crippen molar-refractivity contribution >= 4 is 11.3 Å². The SMILES string of the molecule is Cc1cnc(CN2CCC(C)(c3ncc(C)s3)CC2)cn1. The van der Waals surface area contributed by atoms with Crippen LogP contribution < -0.4 is 0 Å². The van der Waals surface area contributed by atoms with E-state index in [9.17, 15) is 0 Å². The zero-order chi connectivity index (χ0) is 14.9. The van der Waals surface area contributed by atoms with Crippen LogP contribution in [-0.2, 0) is 12.0 Å². The van der Waals surface area contributed by atoms with E-state index in [2.05, 4.69) is 33.7 Å². The van der Waals surface area contributed by atoms with Gasteiger partial charge in [-0.05, 0) is 39.8 Å². The fourth-order valence-electron chi connectivity index (χ4n) is 2.78. The predicted octanol–water partition coefficient (Wildman–Crippen LogP) is 3.10.